The summed E-state index contributed by atoms with van der Waals surface area (Å²) < 4.78 is 10.5. The van der Waals surface area contributed by atoms with Crippen molar-refractivity contribution >= 4 is 5.91 Å². The molecule has 0 atom stereocenters. The van der Waals surface area contributed by atoms with Crippen molar-refractivity contribution < 1.29 is 14.3 Å². The van der Waals surface area contributed by atoms with Gasteiger partial charge in [-0.2, -0.15) is 0 Å². The largest absolute Gasteiger partial charge is 0.491 e. The Balaban J connectivity index is 1.66. The molecular weight excluding hydrogens is 418 g/mol. The fourth-order valence-electron chi connectivity index (χ4n) is 3.31. The number of carbonyl (C=O) groups is 1. The van der Waals surface area contributed by atoms with Crippen LogP contribution < -0.4 is 14.8 Å². The summed E-state index contributed by atoms with van der Waals surface area (Å²) in [6.07, 6.45) is 5.12. The second-order valence-corrected chi connectivity index (χ2v) is 7.27. The topological polar surface area (TPSA) is 99.1 Å². The summed E-state index contributed by atoms with van der Waals surface area (Å²) in [7, 11) is 3.06. The van der Waals surface area contributed by atoms with Crippen molar-refractivity contribution in [2.45, 2.75) is 13.5 Å². The third-order valence-corrected chi connectivity index (χ3v) is 4.93. The Bertz CT molecular complexity index is 1280. The SMILES string of the molecule is COc1ccc(CNC(=O)c2nc(-c3cncc(C)c3)cnc2-c2ccccc2)nc1OC. The molecule has 4 rings (SSSR count). The number of benzene rings is 1. The third-order valence-electron chi connectivity index (χ3n) is 4.93. The lowest BCUT2D eigenvalue weighted by Crippen LogP contribution is -2.25. The Morgan fingerprint density at radius 1 is 0.939 bits per heavy atom. The van der Waals surface area contributed by atoms with Gasteiger partial charge in [-0.25, -0.2) is 9.97 Å². The molecule has 0 unspecified atom stereocenters. The molecule has 0 aliphatic rings. The van der Waals surface area contributed by atoms with Crippen LogP contribution in [0.25, 0.3) is 22.5 Å². The maximum absolute atomic E-state index is 13.2. The summed E-state index contributed by atoms with van der Waals surface area (Å²) in [6.45, 7) is 2.14. The van der Waals surface area contributed by atoms with Gasteiger partial charge in [-0.1, -0.05) is 30.3 Å². The van der Waals surface area contributed by atoms with Crippen molar-refractivity contribution in [3.63, 3.8) is 0 Å². The van der Waals surface area contributed by atoms with Crippen LogP contribution in [0.3, 0.4) is 0 Å². The summed E-state index contributed by atoms with van der Waals surface area (Å²) in [4.78, 5) is 31.1. The summed E-state index contributed by atoms with van der Waals surface area (Å²) in [5, 5.41) is 2.89. The van der Waals surface area contributed by atoms with Gasteiger partial charge in [0, 0.05) is 23.5 Å². The Morgan fingerprint density at radius 2 is 1.76 bits per heavy atom. The number of hydrogen-bond acceptors (Lipinski definition) is 7. The monoisotopic (exact) mass is 441 g/mol. The number of amides is 1. The molecule has 8 nitrogen and oxygen atoms in total. The zero-order chi connectivity index (χ0) is 23.2. The highest BCUT2D eigenvalue weighted by atomic mass is 16.5. The van der Waals surface area contributed by atoms with Crippen molar-refractivity contribution in [1.29, 1.82) is 0 Å². The van der Waals surface area contributed by atoms with Crippen LogP contribution in [-0.2, 0) is 6.54 Å². The number of carbonyl (C=O) groups excluding carboxylic acids is 1. The molecule has 8 heteroatoms. The Morgan fingerprint density at radius 3 is 2.48 bits per heavy atom. The van der Waals surface area contributed by atoms with E-state index in [2.05, 4.69) is 25.3 Å². The van der Waals surface area contributed by atoms with Gasteiger partial charge < -0.3 is 14.8 Å². The molecule has 1 aromatic carbocycles. The summed E-state index contributed by atoms with van der Waals surface area (Å²) in [5.74, 6) is 0.507. The Labute approximate surface area is 191 Å². The average Bonchev–Trinajstić information content (AvgIpc) is 2.87. The fraction of sp³-hybridized carbons (Fsp3) is 0.160. The third kappa shape index (κ3) is 4.95. The molecule has 4 aromatic rings. The molecule has 0 saturated heterocycles. The van der Waals surface area contributed by atoms with E-state index in [9.17, 15) is 4.79 Å². The first-order chi connectivity index (χ1) is 16.1. The Kier molecular flexibility index (Phi) is 6.54. The van der Waals surface area contributed by atoms with Crippen molar-refractivity contribution in [3.05, 3.63) is 84.1 Å². The molecule has 0 radical (unpaired) electrons. The number of aromatic nitrogens is 4. The van der Waals surface area contributed by atoms with E-state index in [0.29, 0.717) is 28.7 Å². The van der Waals surface area contributed by atoms with Crippen LogP contribution in [0.2, 0.25) is 0 Å². The fourth-order valence-corrected chi connectivity index (χ4v) is 3.31. The van der Waals surface area contributed by atoms with E-state index in [4.69, 9.17) is 9.47 Å². The van der Waals surface area contributed by atoms with Gasteiger partial charge in [0.25, 0.3) is 11.8 Å². The van der Waals surface area contributed by atoms with Crippen LogP contribution in [0.1, 0.15) is 21.7 Å². The molecule has 0 aliphatic heterocycles. The predicted molar refractivity (Wildman–Crippen MR) is 124 cm³/mol. The van der Waals surface area contributed by atoms with Gasteiger partial charge in [0.1, 0.15) is 5.69 Å². The second-order valence-electron chi connectivity index (χ2n) is 7.27. The number of rotatable bonds is 7. The van der Waals surface area contributed by atoms with E-state index in [1.807, 2.05) is 43.3 Å². The maximum atomic E-state index is 13.2. The smallest absolute Gasteiger partial charge is 0.272 e. The highest BCUT2D eigenvalue weighted by Gasteiger charge is 2.18. The number of pyridine rings is 2. The lowest BCUT2D eigenvalue weighted by atomic mass is 10.1. The van der Waals surface area contributed by atoms with Gasteiger partial charge in [-0.15, -0.1) is 0 Å². The van der Waals surface area contributed by atoms with Gasteiger partial charge in [0.2, 0.25) is 0 Å². The number of nitrogens with one attached hydrogen (secondary N) is 1. The highest BCUT2D eigenvalue weighted by Crippen LogP contribution is 2.25. The number of aryl methyl sites for hydroxylation is 1. The van der Waals surface area contributed by atoms with Gasteiger partial charge >= 0.3 is 0 Å². The van der Waals surface area contributed by atoms with E-state index in [1.165, 1.54) is 7.11 Å². The van der Waals surface area contributed by atoms with Crippen LogP contribution in [0, 0.1) is 6.92 Å². The molecule has 166 valence electrons. The van der Waals surface area contributed by atoms with Crippen LogP contribution >= 0.6 is 0 Å². The number of ether oxygens (including phenoxy) is 2. The molecule has 1 amide bonds. The number of nitrogens with zero attached hydrogens (tertiary/aromatic N) is 4. The first-order valence-corrected chi connectivity index (χ1v) is 10.3. The first-order valence-electron chi connectivity index (χ1n) is 10.3. The first kappa shape index (κ1) is 21.9. The minimum absolute atomic E-state index is 0.186. The lowest BCUT2D eigenvalue weighted by Gasteiger charge is -2.12. The zero-order valence-electron chi connectivity index (χ0n) is 18.6. The standard InChI is InChI=1S/C25H23N5O3/c1-16-11-18(13-26-12-16)20-15-27-22(17-7-5-4-6-8-17)23(30-20)24(31)28-14-19-9-10-21(32-2)25(29-19)33-3/h4-13,15H,14H2,1-3H3,(H,28,31). The van der Waals surface area contributed by atoms with Gasteiger partial charge in [-0.3, -0.25) is 14.8 Å². The van der Waals surface area contributed by atoms with E-state index in [1.54, 1.807) is 37.8 Å². The molecule has 1 N–H and O–H groups in total. The van der Waals surface area contributed by atoms with Crippen LogP contribution in [0.5, 0.6) is 11.6 Å². The van der Waals surface area contributed by atoms with Gasteiger partial charge in [-0.05, 0) is 30.7 Å². The van der Waals surface area contributed by atoms with E-state index in [-0.39, 0.29) is 18.1 Å². The molecular formula is C25H23N5O3. The second kappa shape index (κ2) is 9.86. The Hall–Kier alpha value is -4.33. The molecule has 3 heterocycles. The van der Waals surface area contributed by atoms with Gasteiger partial charge in [0.15, 0.2) is 11.4 Å². The van der Waals surface area contributed by atoms with E-state index >= 15 is 0 Å². The van der Waals surface area contributed by atoms with Crippen LogP contribution in [0.15, 0.2) is 67.1 Å². The van der Waals surface area contributed by atoms with Crippen molar-refractivity contribution in [2.75, 3.05) is 14.2 Å². The summed E-state index contributed by atoms with van der Waals surface area (Å²) in [5.41, 5.74) is 4.49. The maximum Gasteiger partial charge on any atom is 0.272 e. The molecule has 3 aromatic heterocycles. The quantitative estimate of drug-likeness (QED) is 0.465. The molecule has 0 bridgehead atoms. The molecule has 0 fully saturated rings. The number of hydrogen-bond donors (Lipinski definition) is 1. The van der Waals surface area contributed by atoms with E-state index < -0.39 is 0 Å². The average molecular weight is 441 g/mol. The summed E-state index contributed by atoms with van der Waals surface area (Å²) >= 11 is 0. The van der Waals surface area contributed by atoms with Crippen molar-refractivity contribution in [1.82, 2.24) is 25.3 Å². The normalized spacial score (nSPS) is 10.5. The van der Waals surface area contributed by atoms with Crippen LogP contribution in [0.4, 0.5) is 0 Å². The molecule has 0 spiro atoms. The van der Waals surface area contributed by atoms with Crippen molar-refractivity contribution in [3.8, 4) is 34.1 Å². The molecule has 33 heavy (non-hydrogen) atoms. The van der Waals surface area contributed by atoms with E-state index in [0.717, 1.165) is 16.7 Å². The lowest BCUT2D eigenvalue weighted by molar-refractivity contribution is 0.0946. The molecule has 0 aliphatic carbocycles. The predicted octanol–water partition coefficient (Wildman–Crippen LogP) is 3.86. The van der Waals surface area contributed by atoms with Crippen LogP contribution in [-0.4, -0.2) is 40.1 Å². The minimum atomic E-state index is -0.361. The van der Waals surface area contributed by atoms with Gasteiger partial charge in [0.05, 0.1) is 38.3 Å². The molecule has 0 saturated carbocycles. The number of methoxy groups -OCH3 is 2. The summed E-state index contributed by atoms with van der Waals surface area (Å²) in [6, 6.07) is 14.9. The zero-order valence-corrected chi connectivity index (χ0v) is 18.6. The highest BCUT2D eigenvalue weighted by molar-refractivity contribution is 5.98. The van der Waals surface area contributed by atoms with Crippen molar-refractivity contribution in [2.24, 2.45) is 0 Å². The minimum Gasteiger partial charge on any atom is -0.491 e.